The van der Waals surface area contributed by atoms with Gasteiger partial charge in [-0.3, -0.25) is 4.79 Å². The normalized spacial score (nSPS) is 12.3. The zero-order valence-corrected chi connectivity index (χ0v) is 12.6. The Balaban J connectivity index is 1.89. The molecule has 0 bridgehead atoms. The van der Waals surface area contributed by atoms with E-state index in [1.54, 1.807) is 18.4 Å². The fourth-order valence-corrected chi connectivity index (χ4v) is 2.68. The summed E-state index contributed by atoms with van der Waals surface area (Å²) < 4.78 is 10.4. The van der Waals surface area contributed by atoms with E-state index in [2.05, 4.69) is 10.5 Å². The number of amides is 1. The summed E-state index contributed by atoms with van der Waals surface area (Å²) in [4.78, 5) is 12.0. The molecule has 20 heavy (non-hydrogen) atoms. The molecular weight excluding hydrogens is 276 g/mol. The molecule has 2 heterocycles. The molecule has 2 aromatic rings. The molecule has 6 heteroatoms. The van der Waals surface area contributed by atoms with Crippen molar-refractivity contribution in [1.82, 2.24) is 10.5 Å². The molecule has 0 spiro atoms. The van der Waals surface area contributed by atoms with Crippen molar-refractivity contribution in [3.05, 3.63) is 39.4 Å². The number of aromatic nitrogens is 1. The Morgan fingerprint density at radius 1 is 1.55 bits per heavy atom. The topological polar surface area (TPSA) is 64.4 Å². The van der Waals surface area contributed by atoms with Crippen LogP contribution in [0.3, 0.4) is 0 Å². The Bertz CT molecular complexity index is 543. The van der Waals surface area contributed by atoms with Gasteiger partial charge in [0.05, 0.1) is 12.1 Å². The number of rotatable bonds is 6. The van der Waals surface area contributed by atoms with Crippen LogP contribution >= 0.6 is 11.3 Å². The summed E-state index contributed by atoms with van der Waals surface area (Å²) in [6.07, 6.45) is 0.163. The van der Waals surface area contributed by atoms with E-state index in [4.69, 9.17) is 9.26 Å². The van der Waals surface area contributed by atoms with Crippen molar-refractivity contribution in [3.8, 4) is 0 Å². The molecule has 2 aromatic heterocycles. The van der Waals surface area contributed by atoms with Gasteiger partial charge in [0.15, 0.2) is 0 Å². The van der Waals surface area contributed by atoms with Crippen molar-refractivity contribution in [1.29, 1.82) is 0 Å². The second-order valence-corrected chi connectivity index (χ2v) is 5.34. The molecule has 0 unspecified atom stereocenters. The van der Waals surface area contributed by atoms with Crippen LogP contribution in [-0.2, 0) is 16.0 Å². The van der Waals surface area contributed by atoms with Gasteiger partial charge in [0, 0.05) is 19.2 Å². The van der Waals surface area contributed by atoms with Crippen molar-refractivity contribution in [3.63, 3.8) is 0 Å². The van der Waals surface area contributed by atoms with Gasteiger partial charge in [-0.1, -0.05) is 5.16 Å². The standard InChI is InChI=1S/C14H18N2O3S/c1-9-12(10(2)19-16-9)6-14(17)15-7-13(18-3)11-4-5-20-8-11/h4-5,8,13H,6-7H2,1-3H3,(H,15,17)/t13-/m0/s1. The van der Waals surface area contributed by atoms with Crippen LogP contribution in [-0.4, -0.2) is 24.7 Å². The fourth-order valence-electron chi connectivity index (χ4n) is 1.98. The number of hydrogen-bond acceptors (Lipinski definition) is 5. The van der Waals surface area contributed by atoms with Gasteiger partial charge in [-0.05, 0) is 36.2 Å². The van der Waals surface area contributed by atoms with Crippen LogP contribution in [0, 0.1) is 13.8 Å². The molecule has 5 nitrogen and oxygen atoms in total. The van der Waals surface area contributed by atoms with Gasteiger partial charge in [-0.2, -0.15) is 11.3 Å². The van der Waals surface area contributed by atoms with E-state index < -0.39 is 0 Å². The van der Waals surface area contributed by atoms with Gasteiger partial charge < -0.3 is 14.6 Å². The summed E-state index contributed by atoms with van der Waals surface area (Å²) in [7, 11) is 1.64. The summed E-state index contributed by atoms with van der Waals surface area (Å²) in [6, 6.07) is 2.00. The van der Waals surface area contributed by atoms with Crippen molar-refractivity contribution in [2.75, 3.05) is 13.7 Å². The molecule has 1 atom stereocenters. The number of ether oxygens (including phenoxy) is 1. The van der Waals surface area contributed by atoms with Crippen LogP contribution in [0.4, 0.5) is 0 Å². The number of nitrogens with zero attached hydrogens (tertiary/aromatic N) is 1. The first-order chi connectivity index (χ1) is 9.61. The number of methoxy groups -OCH3 is 1. The van der Waals surface area contributed by atoms with E-state index in [1.807, 2.05) is 30.7 Å². The van der Waals surface area contributed by atoms with Crippen molar-refractivity contribution in [2.24, 2.45) is 0 Å². The van der Waals surface area contributed by atoms with Gasteiger partial charge in [0.1, 0.15) is 11.9 Å². The van der Waals surface area contributed by atoms with E-state index in [1.165, 1.54) is 0 Å². The first-order valence-corrected chi connectivity index (χ1v) is 7.29. The number of aryl methyl sites for hydroxylation is 2. The average Bonchev–Trinajstić information content (AvgIpc) is 3.05. The molecule has 0 fully saturated rings. The molecule has 0 aliphatic rings. The Morgan fingerprint density at radius 3 is 2.90 bits per heavy atom. The summed E-state index contributed by atoms with van der Waals surface area (Å²) >= 11 is 1.61. The molecule has 0 aliphatic heterocycles. The van der Waals surface area contributed by atoms with Gasteiger partial charge >= 0.3 is 0 Å². The Kier molecular flexibility index (Phi) is 4.92. The largest absolute Gasteiger partial charge is 0.375 e. The molecule has 108 valence electrons. The van der Waals surface area contributed by atoms with Crippen molar-refractivity contribution < 1.29 is 14.1 Å². The lowest BCUT2D eigenvalue weighted by atomic mass is 10.1. The molecule has 0 aliphatic carbocycles. The monoisotopic (exact) mass is 294 g/mol. The number of nitrogens with one attached hydrogen (secondary N) is 1. The minimum atomic E-state index is -0.116. The van der Waals surface area contributed by atoms with Crippen LogP contribution < -0.4 is 5.32 Å². The molecule has 2 rings (SSSR count). The summed E-state index contributed by atoms with van der Waals surface area (Å²) in [5, 5.41) is 10.7. The van der Waals surface area contributed by atoms with E-state index in [0.717, 1.165) is 16.8 Å². The lowest BCUT2D eigenvalue weighted by Crippen LogP contribution is -2.30. The van der Waals surface area contributed by atoms with Crippen molar-refractivity contribution >= 4 is 17.2 Å². The van der Waals surface area contributed by atoms with E-state index in [9.17, 15) is 4.79 Å². The highest BCUT2D eigenvalue weighted by atomic mass is 32.1. The molecule has 1 amide bonds. The number of thiophene rings is 1. The second-order valence-electron chi connectivity index (χ2n) is 4.56. The van der Waals surface area contributed by atoms with E-state index in [-0.39, 0.29) is 18.4 Å². The van der Waals surface area contributed by atoms with Gasteiger partial charge in [-0.25, -0.2) is 0 Å². The predicted octanol–water partition coefficient (Wildman–Crippen LogP) is 2.40. The lowest BCUT2D eigenvalue weighted by molar-refractivity contribution is -0.121. The maximum atomic E-state index is 12.0. The van der Waals surface area contributed by atoms with Crippen LogP contribution in [0.25, 0.3) is 0 Å². The first-order valence-electron chi connectivity index (χ1n) is 6.35. The molecule has 0 aromatic carbocycles. The molecular formula is C14H18N2O3S. The quantitative estimate of drug-likeness (QED) is 0.888. The zero-order valence-electron chi connectivity index (χ0n) is 11.8. The molecule has 1 N–H and O–H groups in total. The maximum absolute atomic E-state index is 12.0. The van der Waals surface area contributed by atoms with Crippen LogP contribution in [0.15, 0.2) is 21.3 Å². The zero-order chi connectivity index (χ0) is 14.5. The Morgan fingerprint density at radius 2 is 2.35 bits per heavy atom. The minimum absolute atomic E-state index is 0.0586. The van der Waals surface area contributed by atoms with E-state index in [0.29, 0.717) is 12.3 Å². The highest BCUT2D eigenvalue weighted by molar-refractivity contribution is 7.07. The van der Waals surface area contributed by atoms with Gasteiger partial charge in [-0.15, -0.1) is 0 Å². The van der Waals surface area contributed by atoms with Gasteiger partial charge in [0.2, 0.25) is 5.91 Å². The number of carbonyl (C=O) groups is 1. The SMILES string of the molecule is CO[C@@H](CNC(=O)Cc1c(C)noc1C)c1ccsc1. The fraction of sp³-hybridized carbons (Fsp3) is 0.429. The highest BCUT2D eigenvalue weighted by Gasteiger charge is 2.16. The Labute approximate surface area is 121 Å². The molecule has 0 radical (unpaired) electrons. The van der Waals surface area contributed by atoms with Crippen LogP contribution in [0.1, 0.15) is 28.7 Å². The predicted molar refractivity (Wildman–Crippen MR) is 76.8 cm³/mol. The summed E-state index contributed by atoms with van der Waals surface area (Å²) in [5.41, 5.74) is 2.70. The third-order valence-corrected chi connectivity index (χ3v) is 3.90. The second kappa shape index (κ2) is 6.67. The molecule has 0 saturated carbocycles. The minimum Gasteiger partial charge on any atom is -0.375 e. The first kappa shape index (κ1) is 14.7. The lowest BCUT2D eigenvalue weighted by Gasteiger charge is -2.14. The average molecular weight is 294 g/mol. The smallest absolute Gasteiger partial charge is 0.224 e. The Hall–Kier alpha value is -1.66. The van der Waals surface area contributed by atoms with Crippen LogP contribution in [0.5, 0.6) is 0 Å². The van der Waals surface area contributed by atoms with Crippen molar-refractivity contribution in [2.45, 2.75) is 26.4 Å². The van der Waals surface area contributed by atoms with E-state index >= 15 is 0 Å². The maximum Gasteiger partial charge on any atom is 0.224 e. The highest BCUT2D eigenvalue weighted by Crippen LogP contribution is 2.18. The molecule has 0 saturated heterocycles. The number of carbonyl (C=O) groups excluding carboxylic acids is 1. The number of hydrogen-bond donors (Lipinski definition) is 1. The summed E-state index contributed by atoms with van der Waals surface area (Å²) in [5.74, 6) is 0.635. The third kappa shape index (κ3) is 3.46. The summed E-state index contributed by atoms with van der Waals surface area (Å²) in [6.45, 7) is 4.10. The third-order valence-electron chi connectivity index (χ3n) is 3.20. The van der Waals surface area contributed by atoms with Gasteiger partial charge in [0.25, 0.3) is 0 Å². The van der Waals surface area contributed by atoms with Crippen LogP contribution in [0.2, 0.25) is 0 Å².